The fourth-order valence-electron chi connectivity index (χ4n) is 2.24. The molecule has 0 fully saturated rings. The number of carbonyl (C=O) groups is 1. The summed E-state index contributed by atoms with van der Waals surface area (Å²) in [6.45, 7) is 4.20. The molecule has 0 saturated heterocycles. The van der Waals surface area contributed by atoms with Gasteiger partial charge >= 0.3 is 5.97 Å². The van der Waals surface area contributed by atoms with Crippen LogP contribution in [0.1, 0.15) is 35.7 Å². The molecule has 2 aromatic carbocycles. The van der Waals surface area contributed by atoms with E-state index >= 15 is 0 Å². The van der Waals surface area contributed by atoms with Crippen LogP contribution in [0.25, 0.3) is 11.1 Å². The van der Waals surface area contributed by atoms with Crippen LogP contribution in [-0.2, 0) is 0 Å². The highest BCUT2D eigenvalue weighted by Gasteiger charge is 2.12. The second-order valence-corrected chi connectivity index (χ2v) is 5.56. The molecule has 118 valence electrons. The minimum Gasteiger partial charge on any atom is -0.506 e. The van der Waals surface area contributed by atoms with Crippen molar-refractivity contribution in [3.05, 3.63) is 47.5 Å². The molecule has 0 radical (unpaired) electrons. The van der Waals surface area contributed by atoms with E-state index < -0.39 is 5.97 Å². The maximum absolute atomic E-state index is 10.9. The van der Waals surface area contributed by atoms with Crippen LogP contribution in [0, 0.1) is 0 Å². The van der Waals surface area contributed by atoms with Crippen molar-refractivity contribution < 1.29 is 19.4 Å². The number of carboxylic acids is 1. The summed E-state index contributed by atoms with van der Waals surface area (Å²) >= 11 is 0. The Morgan fingerprint density at radius 2 is 2.00 bits per heavy atom. The van der Waals surface area contributed by atoms with E-state index in [4.69, 9.17) is 9.52 Å². The molecule has 0 atom stereocenters. The van der Waals surface area contributed by atoms with Gasteiger partial charge in [0, 0.05) is 0 Å². The SMILES string of the molecule is CC(C)c1ccc2oc(Nc3ccc(C(=O)O)cc3O)nc2c1. The first-order valence-electron chi connectivity index (χ1n) is 7.18. The molecule has 0 aliphatic rings. The standard InChI is InChI=1S/C17H16N2O4/c1-9(2)10-4-6-15-13(7-10)19-17(23-15)18-12-5-3-11(16(21)22)8-14(12)20/h3-9,20H,1-2H3,(H,18,19)(H,21,22). The number of phenols is 1. The van der Waals surface area contributed by atoms with Crippen LogP contribution in [0.5, 0.6) is 5.75 Å². The van der Waals surface area contributed by atoms with Crippen LogP contribution < -0.4 is 5.32 Å². The number of rotatable bonds is 4. The second kappa shape index (κ2) is 5.64. The number of oxazole rings is 1. The number of fused-ring (bicyclic) bond motifs is 1. The van der Waals surface area contributed by atoms with Gasteiger partial charge in [-0.2, -0.15) is 4.98 Å². The smallest absolute Gasteiger partial charge is 0.335 e. The molecule has 1 heterocycles. The molecule has 1 aromatic heterocycles. The van der Waals surface area contributed by atoms with E-state index in [0.717, 1.165) is 11.1 Å². The van der Waals surface area contributed by atoms with Gasteiger partial charge in [-0.25, -0.2) is 4.79 Å². The maximum atomic E-state index is 10.9. The summed E-state index contributed by atoms with van der Waals surface area (Å²) in [5.74, 6) is -0.898. The number of aromatic hydroxyl groups is 1. The molecule has 0 spiro atoms. The number of nitrogens with one attached hydrogen (secondary N) is 1. The third-order valence-electron chi connectivity index (χ3n) is 3.56. The average Bonchev–Trinajstić information content (AvgIpc) is 2.90. The van der Waals surface area contributed by atoms with E-state index in [9.17, 15) is 9.90 Å². The Labute approximate surface area is 132 Å². The summed E-state index contributed by atoms with van der Waals surface area (Å²) in [7, 11) is 0. The highest BCUT2D eigenvalue weighted by Crippen LogP contribution is 2.30. The maximum Gasteiger partial charge on any atom is 0.335 e. The minimum absolute atomic E-state index is 0.00666. The van der Waals surface area contributed by atoms with Crippen molar-refractivity contribution in [3.63, 3.8) is 0 Å². The van der Waals surface area contributed by atoms with Gasteiger partial charge in [0.25, 0.3) is 6.01 Å². The number of carboxylic acid groups (broad SMARTS) is 1. The van der Waals surface area contributed by atoms with Crippen molar-refractivity contribution in [3.8, 4) is 5.75 Å². The van der Waals surface area contributed by atoms with E-state index in [-0.39, 0.29) is 17.3 Å². The zero-order chi connectivity index (χ0) is 16.6. The summed E-state index contributed by atoms with van der Waals surface area (Å²) in [5, 5.41) is 21.6. The van der Waals surface area contributed by atoms with Crippen molar-refractivity contribution >= 4 is 28.8 Å². The van der Waals surface area contributed by atoms with Gasteiger partial charge < -0.3 is 19.9 Å². The highest BCUT2D eigenvalue weighted by atomic mass is 16.4. The second-order valence-electron chi connectivity index (χ2n) is 5.56. The number of anilines is 2. The normalized spacial score (nSPS) is 11.1. The Bertz CT molecular complexity index is 883. The third-order valence-corrected chi connectivity index (χ3v) is 3.56. The molecule has 0 bridgehead atoms. The fourth-order valence-corrected chi connectivity index (χ4v) is 2.24. The largest absolute Gasteiger partial charge is 0.506 e. The summed E-state index contributed by atoms with van der Waals surface area (Å²) in [6.07, 6.45) is 0. The molecule has 0 aliphatic heterocycles. The Morgan fingerprint density at radius 3 is 2.65 bits per heavy atom. The van der Waals surface area contributed by atoms with Gasteiger partial charge in [0.05, 0.1) is 11.3 Å². The van der Waals surface area contributed by atoms with Gasteiger partial charge in [0.1, 0.15) is 11.3 Å². The van der Waals surface area contributed by atoms with Crippen LogP contribution in [-0.4, -0.2) is 21.2 Å². The van der Waals surface area contributed by atoms with Crippen LogP contribution in [0.15, 0.2) is 40.8 Å². The highest BCUT2D eigenvalue weighted by molar-refractivity contribution is 5.89. The first-order chi connectivity index (χ1) is 10.9. The lowest BCUT2D eigenvalue weighted by atomic mass is 10.0. The van der Waals surface area contributed by atoms with Crippen molar-refractivity contribution in [1.82, 2.24) is 4.98 Å². The Kier molecular flexibility index (Phi) is 3.65. The first kappa shape index (κ1) is 14.9. The van der Waals surface area contributed by atoms with Crippen LogP contribution in [0.3, 0.4) is 0 Å². The minimum atomic E-state index is -1.10. The van der Waals surface area contributed by atoms with E-state index in [1.54, 1.807) is 0 Å². The Hall–Kier alpha value is -3.02. The van der Waals surface area contributed by atoms with Gasteiger partial charge in [-0.15, -0.1) is 0 Å². The number of phenolic OH excluding ortho intramolecular Hbond substituents is 1. The van der Waals surface area contributed by atoms with E-state index in [1.807, 2.05) is 18.2 Å². The lowest BCUT2D eigenvalue weighted by Gasteiger charge is -2.05. The predicted molar refractivity (Wildman–Crippen MR) is 86.4 cm³/mol. The van der Waals surface area contributed by atoms with Crippen LogP contribution in [0.2, 0.25) is 0 Å². The summed E-state index contributed by atoms with van der Waals surface area (Å²) in [4.78, 5) is 15.2. The number of aromatic carboxylic acids is 1. The van der Waals surface area contributed by atoms with E-state index in [2.05, 4.69) is 24.1 Å². The van der Waals surface area contributed by atoms with Gasteiger partial charge in [-0.1, -0.05) is 19.9 Å². The van der Waals surface area contributed by atoms with Gasteiger partial charge in [0.2, 0.25) is 0 Å². The molecule has 6 heteroatoms. The average molecular weight is 312 g/mol. The van der Waals surface area contributed by atoms with Crippen molar-refractivity contribution in [2.75, 3.05) is 5.32 Å². The number of aromatic nitrogens is 1. The van der Waals surface area contributed by atoms with E-state index in [0.29, 0.717) is 17.2 Å². The molecule has 23 heavy (non-hydrogen) atoms. The Balaban J connectivity index is 1.91. The molecule has 3 rings (SSSR count). The zero-order valence-corrected chi connectivity index (χ0v) is 12.7. The number of hydrogen-bond donors (Lipinski definition) is 3. The van der Waals surface area contributed by atoms with Crippen molar-refractivity contribution in [1.29, 1.82) is 0 Å². The summed E-state index contributed by atoms with van der Waals surface area (Å²) in [6, 6.07) is 10.1. The lowest BCUT2D eigenvalue weighted by Crippen LogP contribution is -1.97. The Morgan fingerprint density at radius 1 is 1.22 bits per heavy atom. The van der Waals surface area contributed by atoms with Crippen molar-refractivity contribution in [2.24, 2.45) is 0 Å². The molecule has 0 amide bonds. The molecule has 0 saturated carbocycles. The fraction of sp³-hybridized carbons (Fsp3) is 0.176. The molecule has 0 unspecified atom stereocenters. The number of benzene rings is 2. The number of nitrogens with zero attached hydrogens (tertiary/aromatic N) is 1. The lowest BCUT2D eigenvalue weighted by molar-refractivity contribution is 0.0696. The van der Waals surface area contributed by atoms with Gasteiger partial charge in [-0.3, -0.25) is 0 Å². The molecular weight excluding hydrogens is 296 g/mol. The van der Waals surface area contributed by atoms with Crippen LogP contribution >= 0.6 is 0 Å². The van der Waals surface area contributed by atoms with Crippen molar-refractivity contribution in [2.45, 2.75) is 19.8 Å². The molecule has 6 nitrogen and oxygen atoms in total. The molecule has 0 aliphatic carbocycles. The molecule has 3 aromatic rings. The van der Waals surface area contributed by atoms with E-state index in [1.165, 1.54) is 18.2 Å². The summed E-state index contributed by atoms with van der Waals surface area (Å²) in [5.41, 5.74) is 2.85. The topological polar surface area (TPSA) is 95.6 Å². The third kappa shape index (κ3) is 2.96. The number of hydrogen-bond acceptors (Lipinski definition) is 5. The summed E-state index contributed by atoms with van der Waals surface area (Å²) < 4.78 is 5.59. The monoisotopic (exact) mass is 312 g/mol. The zero-order valence-electron chi connectivity index (χ0n) is 12.7. The first-order valence-corrected chi connectivity index (χ1v) is 7.18. The molecule has 3 N–H and O–H groups in total. The quantitative estimate of drug-likeness (QED) is 0.628. The predicted octanol–water partition coefficient (Wildman–Crippen LogP) is 4.10. The van der Waals surface area contributed by atoms with Crippen LogP contribution in [0.4, 0.5) is 11.7 Å². The van der Waals surface area contributed by atoms with Gasteiger partial charge in [-0.05, 0) is 41.8 Å². The molecular formula is C17H16N2O4. The van der Waals surface area contributed by atoms with Gasteiger partial charge in [0.15, 0.2) is 5.58 Å².